The highest BCUT2D eigenvalue weighted by Gasteiger charge is 2.13. The summed E-state index contributed by atoms with van der Waals surface area (Å²) in [5.74, 6) is -0.0201. The minimum absolute atomic E-state index is 0.141. The first-order valence-electron chi connectivity index (χ1n) is 8.56. The topological polar surface area (TPSA) is 67.4 Å². The zero-order valence-electron chi connectivity index (χ0n) is 14.9. The van der Waals surface area contributed by atoms with Gasteiger partial charge in [-0.2, -0.15) is 0 Å². The van der Waals surface area contributed by atoms with Crippen molar-refractivity contribution in [3.8, 4) is 5.75 Å². The molecular formula is C22H20N2O3. The van der Waals surface area contributed by atoms with Crippen molar-refractivity contribution >= 4 is 23.2 Å². The quantitative estimate of drug-likeness (QED) is 0.690. The molecule has 0 saturated carbocycles. The van der Waals surface area contributed by atoms with E-state index in [0.29, 0.717) is 22.7 Å². The second kappa shape index (κ2) is 8.67. The Morgan fingerprint density at radius 1 is 0.852 bits per heavy atom. The summed E-state index contributed by atoms with van der Waals surface area (Å²) in [4.78, 5) is 24.8. The van der Waals surface area contributed by atoms with E-state index < -0.39 is 0 Å². The maximum absolute atomic E-state index is 12.6. The molecule has 0 bridgehead atoms. The molecule has 3 aromatic carbocycles. The number of para-hydroxylation sites is 2. The zero-order chi connectivity index (χ0) is 19.1. The van der Waals surface area contributed by atoms with Crippen LogP contribution < -0.4 is 15.4 Å². The fourth-order valence-corrected chi connectivity index (χ4v) is 2.56. The monoisotopic (exact) mass is 360 g/mol. The number of nitrogens with one attached hydrogen (secondary N) is 2. The van der Waals surface area contributed by atoms with Crippen LogP contribution in [0.2, 0.25) is 0 Å². The predicted octanol–water partition coefficient (Wildman–Crippen LogP) is 4.26. The Morgan fingerprint density at radius 3 is 2.37 bits per heavy atom. The van der Waals surface area contributed by atoms with Crippen molar-refractivity contribution in [3.63, 3.8) is 0 Å². The molecule has 0 unspecified atom stereocenters. The largest absolute Gasteiger partial charge is 0.484 e. The summed E-state index contributed by atoms with van der Waals surface area (Å²) in [6, 6.07) is 23.5. The second-order valence-corrected chi connectivity index (χ2v) is 6.02. The van der Waals surface area contributed by atoms with Gasteiger partial charge < -0.3 is 15.4 Å². The molecule has 3 rings (SSSR count). The fraction of sp³-hybridized carbons (Fsp3) is 0.0909. The van der Waals surface area contributed by atoms with Crippen LogP contribution in [0.1, 0.15) is 15.9 Å². The average molecular weight is 360 g/mol. The van der Waals surface area contributed by atoms with Crippen LogP contribution in [0.25, 0.3) is 0 Å². The summed E-state index contributed by atoms with van der Waals surface area (Å²) in [6.07, 6.45) is 0. The Bertz CT molecular complexity index is 939. The van der Waals surface area contributed by atoms with E-state index >= 15 is 0 Å². The highest BCUT2D eigenvalue weighted by molar-refractivity contribution is 6.10. The standard InChI is InChI=1S/C22H20N2O3/c1-16-8-7-9-17(14-16)23-22(26)19-12-5-6-13-20(19)24-21(25)15-27-18-10-3-2-4-11-18/h2-14H,15H2,1H3,(H,23,26)(H,24,25). The van der Waals surface area contributed by atoms with Crippen LogP contribution in [0.3, 0.4) is 0 Å². The molecule has 5 heteroatoms. The highest BCUT2D eigenvalue weighted by Crippen LogP contribution is 2.18. The molecule has 136 valence electrons. The van der Waals surface area contributed by atoms with Gasteiger partial charge in [0.15, 0.2) is 6.61 Å². The normalized spacial score (nSPS) is 10.1. The van der Waals surface area contributed by atoms with Crippen LogP contribution in [0, 0.1) is 6.92 Å². The molecular weight excluding hydrogens is 340 g/mol. The molecule has 0 aromatic heterocycles. The number of hydrogen-bond acceptors (Lipinski definition) is 3. The van der Waals surface area contributed by atoms with E-state index in [1.165, 1.54) is 0 Å². The molecule has 0 aliphatic carbocycles. The van der Waals surface area contributed by atoms with Gasteiger partial charge in [0.1, 0.15) is 5.75 Å². The molecule has 0 saturated heterocycles. The lowest BCUT2D eigenvalue weighted by atomic mass is 10.1. The molecule has 0 fully saturated rings. The van der Waals surface area contributed by atoms with E-state index in [9.17, 15) is 9.59 Å². The number of hydrogen-bond donors (Lipinski definition) is 2. The van der Waals surface area contributed by atoms with Gasteiger partial charge in [0.05, 0.1) is 11.3 Å². The van der Waals surface area contributed by atoms with Crippen LogP contribution in [0.15, 0.2) is 78.9 Å². The number of anilines is 2. The smallest absolute Gasteiger partial charge is 0.262 e. The second-order valence-electron chi connectivity index (χ2n) is 6.02. The van der Waals surface area contributed by atoms with E-state index in [1.807, 2.05) is 49.4 Å². The van der Waals surface area contributed by atoms with Gasteiger partial charge >= 0.3 is 0 Å². The van der Waals surface area contributed by atoms with Gasteiger partial charge in [-0.25, -0.2) is 0 Å². The van der Waals surface area contributed by atoms with Crippen molar-refractivity contribution in [1.82, 2.24) is 0 Å². The third-order valence-corrected chi connectivity index (χ3v) is 3.83. The molecule has 2 amide bonds. The van der Waals surface area contributed by atoms with Crippen molar-refractivity contribution in [1.29, 1.82) is 0 Å². The summed E-state index contributed by atoms with van der Waals surface area (Å²) in [7, 11) is 0. The van der Waals surface area contributed by atoms with E-state index in [2.05, 4.69) is 10.6 Å². The van der Waals surface area contributed by atoms with E-state index in [1.54, 1.807) is 36.4 Å². The summed E-state index contributed by atoms with van der Waals surface area (Å²) < 4.78 is 5.44. The van der Waals surface area contributed by atoms with Crippen LogP contribution in [-0.4, -0.2) is 18.4 Å². The van der Waals surface area contributed by atoms with Gasteiger partial charge in [-0.15, -0.1) is 0 Å². The summed E-state index contributed by atoms with van der Waals surface area (Å²) in [5, 5.41) is 5.58. The Balaban J connectivity index is 1.66. The summed E-state index contributed by atoms with van der Waals surface area (Å²) in [6.45, 7) is 1.81. The first-order chi connectivity index (χ1) is 13.1. The fourth-order valence-electron chi connectivity index (χ4n) is 2.56. The maximum atomic E-state index is 12.6. The summed E-state index contributed by atoms with van der Waals surface area (Å²) in [5.41, 5.74) is 2.57. The lowest BCUT2D eigenvalue weighted by Gasteiger charge is -2.12. The molecule has 0 radical (unpaired) electrons. The van der Waals surface area contributed by atoms with E-state index in [4.69, 9.17) is 4.74 Å². The molecule has 0 aliphatic rings. The van der Waals surface area contributed by atoms with Crippen LogP contribution in [-0.2, 0) is 4.79 Å². The lowest BCUT2D eigenvalue weighted by Crippen LogP contribution is -2.22. The highest BCUT2D eigenvalue weighted by atomic mass is 16.5. The van der Waals surface area contributed by atoms with Crippen LogP contribution in [0.5, 0.6) is 5.75 Å². The molecule has 0 aliphatic heterocycles. The Labute approximate surface area is 158 Å². The van der Waals surface area contributed by atoms with E-state index in [-0.39, 0.29) is 18.4 Å². The number of carbonyl (C=O) groups is 2. The molecule has 0 heterocycles. The van der Waals surface area contributed by atoms with Crippen molar-refractivity contribution in [3.05, 3.63) is 90.0 Å². The Hall–Kier alpha value is -3.60. The Kier molecular flexibility index (Phi) is 5.84. The van der Waals surface area contributed by atoms with Crippen molar-refractivity contribution in [2.24, 2.45) is 0 Å². The Morgan fingerprint density at radius 2 is 1.59 bits per heavy atom. The number of rotatable bonds is 6. The minimum atomic E-state index is -0.338. The van der Waals surface area contributed by atoms with Gasteiger partial charge in [0.25, 0.3) is 11.8 Å². The molecule has 0 atom stereocenters. The summed E-state index contributed by atoms with van der Waals surface area (Å²) >= 11 is 0. The van der Waals surface area contributed by atoms with Gasteiger partial charge in [0.2, 0.25) is 0 Å². The van der Waals surface area contributed by atoms with E-state index in [0.717, 1.165) is 5.56 Å². The lowest BCUT2D eigenvalue weighted by molar-refractivity contribution is -0.118. The van der Waals surface area contributed by atoms with Gasteiger partial charge in [-0.05, 0) is 48.9 Å². The van der Waals surface area contributed by atoms with Crippen LogP contribution in [0.4, 0.5) is 11.4 Å². The third kappa shape index (κ3) is 5.19. The van der Waals surface area contributed by atoms with Gasteiger partial charge in [0, 0.05) is 5.69 Å². The third-order valence-electron chi connectivity index (χ3n) is 3.83. The van der Waals surface area contributed by atoms with Crippen LogP contribution >= 0.6 is 0 Å². The minimum Gasteiger partial charge on any atom is -0.484 e. The van der Waals surface area contributed by atoms with Gasteiger partial charge in [-0.1, -0.05) is 42.5 Å². The van der Waals surface area contributed by atoms with Crippen molar-refractivity contribution in [2.75, 3.05) is 17.2 Å². The number of benzene rings is 3. The maximum Gasteiger partial charge on any atom is 0.262 e. The first-order valence-corrected chi connectivity index (χ1v) is 8.56. The van der Waals surface area contributed by atoms with Crippen molar-refractivity contribution in [2.45, 2.75) is 6.92 Å². The SMILES string of the molecule is Cc1cccc(NC(=O)c2ccccc2NC(=O)COc2ccccc2)c1. The molecule has 0 spiro atoms. The predicted molar refractivity (Wildman–Crippen MR) is 106 cm³/mol. The average Bonchev–Trinajstić information content (AvgIpc) is 2.67. The number of ether oxygens (including phenoxy) is 1. The molecule has 3 aromatic rings. The molecule has 5 nitrogen and oxygen atoms in total. The van der Waals surface area contributed by atoms with Crippen molar-refractivity contribution < 1.29 is 14.3 Å². The molecule has 2 N–H and O–H groups in total. The zero-order valence-corrected chi connectivity index (χ0v) is 14.9. The number of amides is 2. The van der Waals surface area contributed by atoms with Gasteiger partial charge in [-0.3, -0.25) is 9.59 Å². The molecule has 27 heavy (non-hydrogen) atoms. The first kappa shape index (κ1) is 18.2. The number of aryl methyl sites for hydroxylation is 1. The number of carbonyl (C=O) groups excluding carboxylic acids is 2.